The Bertz CT molecular complexity index is 1110. The zero-order valence-electron chi connectivity index (χ0n) is 17.6. The maximum atomic E-state index is 6.04. The predicted octanol–water partition coefficient (Wildman–Crippen LogP) is 5.96. The highest BCUT2D eigenvalue weighted by molar-refractivity contribution is 6.30. The number of ether oxygens (including phenoxy) is 2. The molecule has 0 bridgehead atoms. The molecule has 1 N–H and O–H groups in total. The summed E-state index contributed by atoms with van der Waals surface area (Å²) in [5.74, 6) is 2.25. The molecule has 3 aromatic rings. The van der Waals surface area contributed by atoms with Crippen molar-refractivity contribution in [1.82, 2.24) is 5.43 Å². The lowest BCUT2D eigenvalue weighted by atomic mass is 10.0. The molecule has 31 heavy (non-hydrogen) atoms. The van der Waals surface area contributed by atoms with E-state index in [0.717, 1.165) is 59.0 Å². The molecule has 0 aromatic heterocycles. The van der Waals surface area contributed by atoms with Crippen LogP contribution in [0.5, 0.6) is 11.5 Å². The molecule has 0 saturated carbocycles. The highest BCUT2D eigenvalue weighted by Crippen LogP contribution is 2.30. The average molecular weight is 434 g/mol. The largest absolute Gasteiger partial charge is 0.497 e. The highest BCUT2D eigenvalue weighted by Gasteiger charge is 2.18. The van der Waals surface area contributed by atoms with E-state index in [0.29, 0.717) is 10.9 Å². The molecule has 0 atom stereocenters. The third-order valence-electron chi connectivity index (χ3n) is 4.98. The van der Waals surface area contributed by atoms with Gasteiger partial charge in [0.25, 0.3) is 0 Å². The fourth-order valence-electron chi connectivity index (χ4n) is 3.24. The number of nitrogens with one attached hydrogen (secondary N) is 1. The van der Waals surface area contributed by atoms with Crippen LogP contribution >= 0.6 is 11.6 Å². The Morgan fingerprint density at radius 1 is 0.903 bits per heavy atom. The zero-order chi connectivity index (χ0) is 21.6. The van der Waals surface area contributed by atoms with Gasteiger partial charge in [0, 0.05) is 21.7 Å². The van der Waals surface area contributed by atoms with E-state index in [2.05, 4.69) is 12.3 Å². The second-order valence-electron chi connectivity index (χ2n) is 7.15. The first-order valence-electron chi connectivity index (χ1n) is 10.3. The smallest absolute Gasteiger partial charge is 0.154 e. The van der Waals surface area contributed by atoms with E-state index < -0.39 is 0 Å². The van der Waals surface area contributed by atoms with Gasteiger partial charge < -0.3 is 9.47 Å². The summed E-state index contributed by atoms with van der Waals surface area (Å²) in [5.41, 5.74) is 7.45. The van der Waals surface area contributed by atoms with Crippen molar-refractivity contribution in [3.05, 3.63) is 88.4 Å². The van der Waals surface area contributed by atoms with E-state index in [4.69, 9.17) is 31.2 Å². The Labute approximate surface area is 187 Å². The van der Waals surface area contributed by atoms with Crippen molar-refractivity contribution in [3.63, 3.8) is 0 Å². The fourth-order valence-corrected chi connectivity index (χ4v) is 3.37. The molecule has 4 rings (SSSR count). The van der Waals surface area contributed by atoms with Gasteiger partial charge in [-0.1, -0.05) is 24.9 Å². The minimum Gasteiger partial charge on any atom is -0.497 e. The van der Waals surface area contributed by atoms with E-state index >= 15 is 0 Å². The van der Waals surface area contributed by atoms with Gasteiger partial charge in [-0.3, -0.25) is 5.43 Å². The van der Waals surface area contributed by atoms with Gasteiger partial charge in [-0.2, -0.15) is 5.10 Å². The van der Waals surface area contributed by atoms with Crippen LogP contribution in [0.4, 0.5) is 5.69 Å². The lowest BCUT2D eigenvalue weighted by molar-refractivity contribution is 0.309. The molecule has 0 aliphatic carbocycles. The van der Waals surface area contributed by atoms with Gasteiger partial charge in [0.2, 0.25) is 0 Å². The first-order valence-corrected chi connectivity index (χ1v) is 10.7. The van der Waals surface area contributed by atoms with Gasteiger partial charge in [0.15, 0.2) is 5.84 Å². The molecule has 0 fully saturated rings. The summed E-state index contributed by atoms with van der Waals surface area (Å²) in [6.45, 7) is 2.87. The van der Waals surface area contributed by atoms with Crippen LogP contribution in [-0.2, 0) is 0 Å². The van der Waals surface area contributed by atoms with Crippen molar-refractivity contribution in [3.8, 4) is 11.5 Å². The van der Waals surface area contributed by atoms with Crippen molar-refractivity contribution in [2.45, 2.75) is 19.8 Å². The summed E-state index contributed by atoms with van der Waals surface area (Å²) in [6, 6.07) is 21.3. The number of aliphatic imine (C=N–C) groups is 1. The number of halogens is 1. The monoisotopic (exact) mass is 433 g/mol. The number of hydrazone groups is 1. The maximum absolute atomic E-state index is 6.04. The Balaban J connectivity index is 1.71. The first-order chi connectivity index (χ1) is 15.2. The lowest BCUT2D eigenvalue weighted by Crippen LogP contribution is -2.19. The molecule has 1 heterocycles. The molecule has 0 amide bonds. The van der Waals surface area contributed by atoms with Crippen molar-refractivity contribution in [1.29, 1.82) is 0 Å². The molecular formula is C25H24ClN3O2. The number of fused-ring (bicyclic) bond motifs is 1. The predicted molar refractivity (Wildman–Crippen MR) is 126 cm³/mol. The number of amidine groups is 1. The molecule has 158 valence electrons. The highest BCUT2D eigenvalue weighted by atomic mass is 35.5. The van der Waals surface area contributed by atoms with E-state index in [1.54, 1.807) is 7.11 Å². The summed E-state index contributed by atoms with van der Waals surface area (Å²) >= 11 is 6.04. The van der Waals surface area contributed by atoms with Crippen LogP contribution in [0.15, 0.2) is 76.8 Å². The SMILES string of the molecule is CCCCOc1ccc(C2=NNC(c3ccc(Cl)cc3)=Nc3ccc(OC)cc32)cc1. The minimum absolute atomic E-state index is 0.651. The summed E-state index contributed by atoms with van der Waals surface area (Å²) in [4.78, 5) is 4.83. The zero-order valence-corrected chi connectivity index (χ0v) is 18.3. The van der Waals surface area contributed by atoms with Crippen LogP contribution in [0, 0.1) is 0 Å². The quantitative estimate of drug-likeness (QED) is 0.467. The summed E-state index contributed by atoms with van der Waals surface area (Å²) in [6.07, 6.45) is 2.14. The Morgan fingerprint density at radius 3 is 2.32 bits per heavy atom. The number of rotatable bonds is 7. The number of unbranched alkanes of at least 4 members (excludes halogenated alkanes) is 1. The molecular weight excluding hydrogens is 410 g/mol. The van der Waals surface area contributed by atoms with Crippen molar-refractivity contribution in [2.75, 3.05) is 13.7 Å². The number of methoxy groups -OCH3 is 1. The second-order valence-corrected chi connectivity index (χ2v) is 7.59. The normalized spacial score (nSPS) is 12.7. The molecule has 0 saturated heterocycles. The Kier molecular flexibility index (Phi) is 6.53. The summed E-state index contributed by atoms with van der Waals surface area (Å²) < 4.78 is 11.2. The Hall–Kier alpha value is -3.31. The summed E-state index contributed by atoms with van der Waals surface area (Å²) in [7, 11) is 1.65. The van der Waals surface area contributed by atoms with Crippen LogP contribution in [0.1, 0.15) is 36.5 Å². The second kappa shape index (κ2) is 9.67. The number of hydrogen-bond donors (Lipinski definition) is 1. The van der Waals surface area contributed by atoms with Crippen molar-refractivity contribution >= 4 is 28.8 Å². The number of hydrogen-bond acceptors (Lipinski definition) is 5. The van der Waals surface area contributed by atoms with Crippen molar-refractivity contribution < 1.29 is 9.47 Å². The van der Waals surface area contributed by atoms with Gasteiger partial charge in [0.1, 0.15) is 17.2 Å². The third kappa shape index (κ3) is 4.89. The van der Waals surface area contributed by atoms with Crippen LogP contribution in [0.2, 0.25) is 5.02 Å². The summed E-state index contributed by atoms with van der Waals surface area (Å²) in [5, 5.41) is 5.38. The molecule has 1 aliphatic heterocycles. The van der Waals surface area contributed by atoms with E-state index in [1.165, 1.54) is 0 Å². The molecule has 6 heteroatoms. The van der Waals surface area contributed by atoms with Crippen LogP contribution in [0.25, 0.3) is 0 Å². The average Bonchev–Trinajstić information content (AvgIpc) is 2.99. The number of benzene rings is 3. The molecule has 0 radical (unpaired) electrons. The maximum Gasteiger partial charge on any atom is 0.154 e. The fraction of sp³-hybridized carbons (Fsp3) is 0.200. The molecule has 3 aromatic carbocycles. The van der Waals surface area contributed by atoms with Crippen LogP contribution < -0.4 is 14.9 Å². The molecule has 1 aliphatic rings. The van der Waals surface area contributed by atoms with E-state index in [-0.39, 0.29) is 0 Å². The topological polar surface area (TPSA) is 55.2 Å². The van der Waals surface area contributed by atoms with Gasteiger partial charge >= 0.3 is 0 Å². The van der Waals surface area contributed by atoms with Crippen LogP contribution in [-0.4, -0.2) is 25.3 Å². The molecule has 0 unspecified atom stereocenters. The minimum atomic E-state index is 0.651. The Morgan fingerprint density at radius 2 is 1.61 bits per heavy atom. The van der Waals surface area contributed by atoms with Crippen LogP contribution in [0.3, 0.4) is 0 Å². The standard InChI is InChI=1S/C25H24ClN3O2/c1-3-4-15-31-20-11-7-17(8-12-20)24-22-16-21(30-2)13-14-23(22)27-25(29-28-24)18-5-9-19(26)10-6-18/h5-14,16H,3-4,15H2,1-2H3,(H,27,29). The van der Waals surface area contributed by atoms with E-state index in [9.17, 15) is 0 Å². The molecule has 0 spiro atoms. The van der Waals surface area contributed by atoms with E-state index in [1.807, 2.05) is 66.7 Å². The third-order valence-corrected chi connectivity index (χ3v) is 5.23. The van der Waals surface area contributed by atoms with Gasteiger partial charge in [-0.25, -0.2) is 4.99 Å². The van der Waals surface area contributed by atoms with Gasteiger partial charge in [-0.05, 0) is 73.2 Å². The molecule has 5 nitrogen and oxygen atoms in total. The lowest BCUT2D eigenvalue weighted by Gasteiger charge is -2.11. The van der Waals surface area contributed by atoms with Crippen molar-refractivity contribution in [2.24, 2.45) is 10.1 Å². The first kappa shape index (κ1) is 20.9. The van der Waals surface area contributed by atoms with Gasteiger partial charge in [0.05, 0.1) is 19.4 Å². The van der Waals surface area contributed by atoms with Gasteiger partial charge in [-0.15, -0.1) is 0 Å². The number of nitrogens with zero attached hydrogens (tertiary/aromatic N) is 2.